The van der Waals surface area contributed by atoms with Crippen molar-refractivity contribution >= 4 is 6.09 Å². The lowest BCUT2D eigenvalue weighted by atomic mass is 10.1. The third-order valence-corrected chi connectivity index (χ3v) is 1.34. The van der Waals surface area contributed by atoms with Crippen molar-refractivity contribution in [3.8, 4) is 0 Å². The maximum Gasteiger partial charge on any atom is 0.405 e. The maximum absolute atomic E-state index is 10.3. The molecular weight excluding hydrogens is 174 g/mol. The summed E-state index contributed by atoms with van der Waals surface area (Å²) in [5.74, 6) is 0. The van der Waals surface area contributed by atoms with Gasteiger partial charge in [-0.1, -0.05) is 0 Å². The van der Waals surface area contributed by atoms with Crippen LogP contribution in [0.4, 0.5) is 4.79 Å². The minimum Gasteiger partial charge on any atom is -0.465 e. The predicted octanol–water partition coefficient (Wildman–Crippen LogP) is 0.696. The summed E-state index contributed by atoms with van der Waals surface area (Å²) in [6, 6.07) is 0. The number of carbonyl (C=O) groups is 1. The van der Waals surface area contributed by atoms with E-state index in [2.05, 4.69) is 5.32 Å². The van der Waals surface area contributed by atoms with Crippen LogP contribution >= 0.6 is 0 Å². The highest BCUT2D eigenvalue weighted by molar-refractivity contribution is 5.65. The second kappa shape index (κ2) is 5.77. The first kappa shape index (κ1) is 12.2. The summed E-state index contributed by atoms with van der Waals surface area (Å²) in [6.45, 7) is 4.84. The quantitative estimate of drug-likeness (QED) is 0.606. The molecule has 0 aromatic carbocycles. The van der Waals surface area contributed by atoms with E-state index in [0.29, 0.717) is 19.8 Å². The molecule has 0 rings (SSSR count). The van der Waals surface area contributed by atoms with E-state index in [0.717, 1.165) is 0 Å². The Hall–Kier alpha value is -0.810. The van der Waals surface area contributed by atoms with Gasteiger partial charge >= 0.3 is 6.09 Å². The molecule has 0 unspecified atom stereocenters. The van der Waals surface area contributed by atoms with Gasteiger partial charge in [-0.25, -0.2) is 4.79 Å². The summed E-state index contributed by atoms with van der Waals surface area (Å²) in [6.07, 6.45) is -1.04. The van der Waals surface area contributed by atoms with Crippen LogP contribution in [0.3, 0.4) is 0 Å². The largest absolute Gasteiger partial charge is 0.465 e. The molecule has 1 amide bonds. The Morgan fingerprint density at radius 1 is 1.46 bits per heavy atom. The topological polar surface area (TPSA) is 67.8 Å². The van der Waals surface area contributed by atoms with Gasteiger partial charge in [0, 0.05) is 7.11 Å². The molecule has 0 fully saturated rings. The highest BCUT2D eigenvalue weighted by atomic mass is 16.5. The fraction of sp³-hybridized carbons (Fsp3) is 0.875. The van der Waals surface area contributed by atoms with Gasteiger partial charge in [0.1, 0.15) is 0 Å². The molecule has 78 valence electrons. The van der Waals surface area contributed by atoms with Gasteiger partial charge in [0.2, 0.25) is 0 Å². The van der Waals surface area contributed by atoms with Crippen molar-refractivity contribution in [1.82, 2.24) is 5.32 Å². The molecule has 5 nitrogen and oxygen atoms in total. The smallest absolute Gasteiger partial charge is 0.405 e. The number of hydrogen-bond acceptors (Lipinski definition) is 3. The molecule has 0 atom stereocenters. The van der Waals surface area contributed by atoms with Crippen LogP contribution in [0, 0.1) is 0 Å². The number of rotatable bonds is 6. The van der Waals surface area contributed by atoms with Crippen LogP contribution in [0.15, 0.2) is 0 Å². The molecular formula is C8H17NO4. The van der Waals surface area contributed by atoms with Crippen molar-refractivity contribution in [1.29, 1.82) is 0 Å². The van der Waals surface area contributed by atoms with Crippen LogP contribution in [0.1, 0.15) is 13.8 Å². The molecule has 0 radical (unpaired) electrons. The van der Waals surface area contributed by atoms with E-state index in [4.69, 9.17) is 14.6 Å². The molecule has 0 aliphatic rings. The normalized spacial score (nSPS) is 11.3. The lowest BCUT2D eigenvalue weighted by molar-refractivity contribution is 0.0420. The van der Waals surface area contributed by atoms with Crippen molar-refractivity contribution in [3.63, 3.8) is 0 Å². The molecule has 0 aromatic rings. The first-order valence-corrected chi connectivity index (χ1v) is 4.06. The molecule has 13 heavy (non-hydrogen) atoms. The second-order valence-corrected chi connectivity index (χ2v) is 3.36. The third kappa shape index (κ3) is 7.55. The first-order valence-electron chi connectivity index (χ1n) is 4.06. The van der Waals surface area contributed by atoms with Crippen LogP contribution in [-0.2, 0) is 9.47 Å². The minimum atomic E-state index is -1.04. The van der Waals surface area contributed by atoms with Crippen molar-refractivity contribution in [2.24, 2.45) is 0 Å². The average Bonchev–Trinajstić information content (AvgIpc) is 1.95. The average molecular weight is 191 g/mol. The molecule has 0 saturated heterocycles. The Morgan fingerprint density at radius 3 is 2.54 bits per heavy atom. The van der Waals surface area contributed by atoms with Crippen molar-refractivity contribution in [3.05, 3.63) is 0 Å². The summed E-state index contributed by atoms with van der Waals surface area (Å²) in [5, 5.41) is 10.8. The highest BCUT2D eigenvalue weighted by Gasteiger charge is 2.19. The predicted molar refractivity (Wildman–Crippen MR) is 47.9 cm³/mol. The molecule has 0 saturated carbocycles. The summed E-state index contributed by atoms with van der Waals surface area (Å²) < 4.78 is 9.96. The standard InChI is InChI=1S/C8H17NO4/c1-8(2,9-7(10)11)6-13-5-4-12-3/h9H,4-6H2,1-3H3,(H,10,11). The number of methoxy groups -OCH3 is 1. The molecule has 5 heteroatoms. The monoisotopic (exact) mass is 191 g/mol. The van der Waals surface area contributed by atoms with Crippen molar-refractivity contribution in [2.75, 3.05) is 26.9 Å². The van der Waals surface area contributed by atoms with Gasteiger partial charge in [0.15, 0.2) is 0 Å². The highest BCUT2D eigenvalue weighted by Crippen LogP contribution is 2.01. The Labute approximate surface area is 78.0 Å². The fourth-order valence-corrected chi connectivity index (χ4v) is 0.795. The lowest BCUT2D eigenvalue weighted by Gasteiger charge is -2.24. The number of ether oxygens (including phenoxy) is 2. The molecule has 0 spiro atoms. The fourth-order valence-electron chi connectivity index (χ4n) is 0.795. The number of hydrogen-bond donors (Lipinski definition) is 2. The van der Waals surface area contributed by atoms with Crippen LogP contribution in [0.2, 0.25) is 0 Å². The Bertz CT molecular complexity index is 158. The zero-order valence-corrected chi connectivity index (χ0v) is 8.29. The zero-order chi connectivity index (χ0) is 10.3. The van der Waals surface area contributed by atoms with Gasteiger partial charge in [0.25, 0.3) is 0 Å². The van der Waals surface area contributed by atoms with Crippen LogP contribution < -0.4 is 5.32 Å². The van der Waals surface area contributed by atoms with E-state index in [1.807, 2.05) is 0 Å². The minimum absolute atomic E-state index is 0.336. The van der Waals surface area contributed by atoms with Gasteiger partial charge in [-0.15, -0.1) is 0 Å². The van der Waals surface area contributed by atoms with Gasteiger partial charge in [0.05, 0.1) is 25.4 Å². The van der Waals surface area contributed by atoms with E-state index >= 15 is 0 Å². The molecule has 0 aliphatic heterocycles. The molecule has 2 N–H and O–H groups in total. The second-order valence-electron chi connectivity index (χ2n) is 3.36. The van der Waals surface area contributed by atoms with E-state index in [9.17, 15) is 4.79 Å². The van der Waals surface area contributed by atoms with Crippen LogP contribution in [0.25, 0.3) is 0 Å². The van der Waals surface area contributed by atoms with E-state index in [1.165, 1.54) is 0 Å². The summed E-state index contributed by atoms with van der Waals surface area (Å²) in [5.41, 5.74) is -0.556. The maximum atomic E-state index is 10.3. The Balaban J connectivity index is 3.56. The summed E-state index contributed by atoms with van der Waals surface area (Å²) in [4.78, 5) is 10.3. The van der Waals surface area contributed by atoms with Gasteiger partial charge in [-0.3, -0.25) is 0 Å². The van der Waals surface area contributed by atoms with E-state index < -0.39 is 11.6 Å². The van der Waals surface area contributed by atoms with Gasteiger partial charge < -0.3 is 19.9 Å². The van der Waals surface area contributed by atoms with E-state index in [-0.39, 0.29) is 0 Å². The number of nitrogens with one attached hydrogen (secondary N) is 1. The third-order valence-electron chi connectivity index (χ3n) is 1.34. The molecule has 0 aromatic heterocycles. The zero-order valence-electron chi connectivity index (χ0n) is 8.29. The first-order chi connectivity index (χ1) is 5.98. The molecule has 0 bridgehead atoms. The van der Waals surface area contributed by atoms with Gasteiger partial charge in [-0.05, 0) is 13.8 Å². The van der Waals surface area contributed by atoms with Gasteiger partial charge in [-0.2, -0.15) is 0 Å². The van der Waals surface area contributed by atoms with E-state index in [1.54, 1.807) is 21.0 Å². The molecule has 0 aliphatic carbocycles. The lowest BCUT2D eigenvalue weighted by Crippen LogP contribution is -2.46. The number of amides is 1. The van der Waals surface area contributed by atoms with Crippen molar-refractivity contribution < 1.29 is 19.4 Å². The summed E-state index contributed by atoms with van der Waals surface area (Å²) in [7, 11) is 1.59. The number of carboxylic acid groups (broad SMARTS) is 1. The van der Waals surface area contributed by atoms with Crippen molar-refractivity contribution in [2.45, 2.75) is 19.4 Å². The summed E-state index contributed by atoms with van der Waals surface area (Å²) >= 11 is 0. The molecule has 0 heterocycles. The Morgan fingerprint density at radius 2 is 2.08 bits per heavy atom. The Kier molecular flexibility index (Phi) is 5.41. The van der Waals surface area contributed by atoms with Crippen LogP contribution in [0.5, 0.6) is 0 Å². The SMILES string of the molecule is COCCOCC(C)(C)NC(=O)O. The van der Waals surface area contributed by atoms with Crippen LogP contribution in [-0.4, -0.2) is 43.7 Å².